The number of amides is 1. The van der Waals surface area contributed by atoms with Crippen molar-refractivity contribution in [3.8, 4) is 0 Å². The normalized spacial score (nSPS) is 10.3. The Hall–Kier alpha value is -1.06. The van der Waals surface area contributed by atoms with Gasteiger partial charge in [-0.25, -0.2) is 0 Å². The number of hydrogen-bond acceptors (Lipinski definition) is 2. The van der Waals surface area contributed by atoms with Crippen LogP contribution in [-0.4, -0.2) is 25.5 Å². The lowest BCUT2D eigenvalue weighted by Crippen LogP contribution is -2.27. The molecule has 0 spiro atoms. The van der Waals surface area contributed by atoms with Gasteiger partial charge in [-0.3, -0.25) is 4.79 Å². The fourth-order valence-electron chi connectivity index (χ4n) is 1.56. The van der Waals surface area contributed by atoms with Crippen LogP contribution in [0.3, 0.4) is 0 Å². The largest absolute Gasteiger partial charge is 0.352 e. The van der Waals surface area contributed by atoms with Gasteiger partial charge < -0.3 is 10.6 Å². The van der Waals surface area contributed by atoms with Crippen LogP contribution < -0.4 is 10.6 Å². The van der Waals surface area contributed by atoms with E-state index in [1.54, 1.807) is 6.07 Å². The number of benzene rings is 1. The number of rotatable bonds is 6. The maximum Gasteiger partial charge on any atom is 0.251 e. The molecule has 17 heavy (non-hydrogen) atoms. The molecule has 94 valence electrons. The molecule has 0 unspecified atom stereocenters. The third kappa shape index (κ3) is 5.20. The van der Waals surface area contributed by atoms with Crippen molar-refractivity contribution in [2.75, 3.05) is 19.6 Å². The van der Waals surface area contributed by atoms with E-state index in [9.17, 15) is 4.79 Å². The van der Waals surface area contributed by atoms with Crippen LogP contribution in [0.1, 0.15) is 29.3 Å². The highest BCUT2D eigenvalue weighted by Crippen LogP contribution is 2.14. The SMILES string of the molecule is CCNCCCNC(=O)c1cc(C)cc(Cl)c1. The van der Waals surface area contributed by atoms with Gasteiger partial charge in [0, 0.05) is 17.1 Å². The molecule has 0 atom stereocenters. The summed E-state index contributed by atoms with van der Waals surface area (Å²) < 4.78 is 0. The summed E-state index contributed by atoms with van der Waals surface area (Å²) >= 11 is 5.91. The molecule has 0 fully saturated rings. The Kier molecular flexibility index (Phi) is 6.01. The molecule has 0 aliphatic carbocycles. The van der Waals surface area contributed by atoms with Crippen molar-refractivity contribution in [1.82, 2.24) is 10.6 Å². The Balaban J connectivity index is 2.41. The molecule has 1 amide bonds. The predicted molar refractivity (Wildman–Crippen MR) is 71.7 cm³/mol. The highest BCUT2D eigenvalue weighted by atomic mass is 35.5. The molecule has 0 aromatic heterocycles. The van der Waals surface area contributed by atoms with E-state index in [0.29, 0.717) is 17.1 Å². The molecule has 4 heteroatoms. The molecule has 1 aromatic carbocycles. The van der Waals surface area contributed by atoms with Gasteiger partial charge in [0.2, 0.25) is 0 Å². The smallest absolute Gasteiger partial charge is 0.251 e. The van der Waals surface area contributed by atoms with Crippen LogP contribution in [0.4, 0.5) is 0 Å². The minimum absolute atomic E-state index is 0.0629. The lowest BCUT2D eigenvalue weighted by atomic mass is 10.1. The molecule has 0 heterocycles. The molecule has 0 aliphatic heterocycles. The summed E-state index contributed by atoms with van der Waals surface area (Å²) in [5, 5.41) is 6.68. The summed E-state index contributed by atoms with van der Waals surface area (Å²) in [6.07, 6.45) is 0.930. The molecule has 0 aliphatic rings. The van der Waals surface area contributed by atoms with Crippen LogP contribution in [0.2, 0.25) is 5.02 Å². The first-order chi connectivity index (χ1) is 8.13. The van der Waals surface area contributed by atoms with Crippen LogP contribution in [-0.2, 0) is 0 Å². The second-order valence-electron chi connectivity index (χ2n) is 3.98. The first kappa shape index (κ1) is 14.0. The zero-order valence-corrected chi connectivity index (χ0v) is 11.1. The predicted octanol–water partition coefficient (Wildman–Crippen LogP) is 2.38. The average molecular weight is 255 g/mol. The quantitative estimate of drug-likeness (QED) is 0.766. The summed E-state index contributed by atoms with van der Waals surface area (Å²) in [5.41, 5.74) is 1.62. The lowest BCUT2D eigenvalue weighted by Gasteiger charge is -2.06. The van der Waals surface area contributed by atoms with E-state index in [2.05, 4.69) is 17.6 Å². The number of nitrogens with one attached hydrogen (secondary N) is 2. The van der Waals surface area contributed by atoms with Gasteiger partial charge in [-0.05, 0) is 50.2 Å². The highest BCUT2D eigenvalue weighted by molar-refractivity contribution is 6.31. The Bertz CT molecular complexity index is 359. The maximum atomic E-state index is 11.8. The third-order valence-electron chi connectivity index (χ3n) is 2.37. The molecule has 0 saturated heterocycles. The Labute approximate surface area is 108 Å². The second-order valence-corrected chi connectivity index (χ2v) is 4.42. The molecule has 2 N–H and O–H groups in total. The van der Waals surface area contributed by atoms with Gasteiger partial charge in [0.05, 0.1) is 0 Å². The van der Waals surface area contributed by atoms with Crippen molar-refractivity contribution < 1.29 is 4.79 Å². The van der Waals surface area contributed by atoms with Crippen LogP contribution in [0, 0.1) is 6.92 Å². The minimum Gasteiger partial charge on any atom is -0.352 e. The van der Waals surface area contributed by atoms with Gasteiger partial charge in [-0.2, -0.15) is 0 Å². The number of carbonyl (C=O) groups is 1. The van der Waals surface area contributed by atoms with Crippen LogP contribution in [0.15, 0.2) is 18.2 Å². The van der Waals surface area contributed by atoms with Gasteiger partial charge in [0.25, 0.3) is 5.91 Å². The van der Waals surface area contributed by atoms with Crippen molar-refractivity contribution in [3.05, 3.63) is 34.3 Å². The lowest BCUT2D eigenvalue weighted by molar-refractivity contribution is 0.0953. The number of hydrogen-bond donors (Lipinski definition) is 2. The summed E-state index contributed by atoms with van der Waals surface area (Å²) in [5.74, 6) is -0.0629. The molecule has 1 rings (SSSR count). The van der Waals surface area contributed by atoms with Gasteiger partial charge >= 0.3 is 0 Å². The van der Waals surface area contributed by atoms with E-state index in [4.69, 9.17) is 11.6 Å². The number of halogens is 1. The number of aryl methyl sites for hydroxylation is 1. The van der Waals surface area contributed by atoms with Crippen molar-refractivity contribution in [2.45, 2.75) is 20.3 Å². The van der Waals surface area contributed by atoms with Gasteiger partial charge in [0.15, 0.2) is 0 Å². The van der Waals surface area contributed by atoms with E-state index in [0.717, 1.165) is 25.1 Å². The van der Waals surface area contributed by atoms with Crippen molar-refractivity contribution in [3.63, 3.8) is 0 Å². The molecular formula is C13H19ClN2O. The Morgan fingerprint density at radius 2 is 2.06 bits per heavy atom. The van der Waals surface area contributed by atoms with Crippen LogP contribution in [0.5, 0.6) is 0 Å². The monoisotopic (exact) mass is 254 g/mol. The summed E-state index contributed by atoms with van der Waals surface area (Å²) in [6.45, 7) is 6.55. The second kappa shape index (κ2) is 7.30. The van der Waals surface area contributed by atoms with Crippen molar-refractivity contribution in [1.29, 1.82) is 0 Å². The van der Waals surface area contributed by atoms with Gasteiger partial charge in [0.1, 0.15) is 0 Å². The van der Waals surface area contributed by atoms with Crippen molar-refractivity contribution >= 4 is 17.5 Å². The molecule has 0 saturated carbocycles. The van der Waals surface area contributed by atoms with E-state index in [-0.39, 0.29) is 5.91 Å². The standard InChI is InChI=1S/C13H19ClN2O/c1-3-15-5-4-6-16-13(17)11-7-10(2)8-12(14)9-11/h7-9,15H,3-6H2,1-2H3,(H,16,17). The molecule has 3 nitrogen and oxygen atoms in total. The minimum atomic E-state index is -0.0629. The average Bonchev–Trinajstić information content (AvgIpc) is 2.27. The summed E-state index contributed by atoms with van der Waals surface area (Å²) in [6, 6.07) is 5.36. The summed E-state index contributed by atoms with van der Waals surface area (Å²) in [7, 11) is 0. The maximum absolute atomic E-state index is 11.8. The first-order valence-electron chi connectivity index (χ1n) is 5.89. The number of carbonyl (C=O) groups excluding carboxylic acids is 1. The Morgan fingerprint density at radius 1 is 1.29 bits per heavy atom. The Morgan fingerprint density at radius 3 is 2.71 bits per heavy atom. The topological polar surface area (TPSA) is 41.1 Å². The van der Waals surface area contributed by atoms with Crippen molar-refractivity contribution in [2.24, 2.45) is 0 Å². The zero-order valence-electron chi connectivity index (χ0n) is 10.3. The third-order valence-corrected chi connectivity index (χ3v) is 2.59. The molecular weight excluding hydrogens is 236 g/mol. The molecule has 0 bridgehead atoms. The van der Waals surface area contributed by atoms with Crippen LogP contribution >= 0.6 is 11.6 Å². The van der Waals surface area contributed by atoms with E-state index in [1.165, 1.54) is 0 Å². The van der Waals surface area contributed by atoms with Gasteiger partial charge in [-0.15, -0.1) is 0 Å². The van der Waals surface area contributed by atoms with Crippen LogP contribution in [0.25, 0.3) is 0 Å². The fraction of sp³-hybridized carbons (Fsp3) is 0.462. The van der Waals surface area contributed by atoms with E-state index in [1.807, 2.05) is 19.1 Å². The highest BCUT2D eigenvalue weighted by Gasteiger charge is 2.06. The van der Waals surface area contributed by atoms with E-state index < -0.39 is 0 Å². The fourth-order valence-corrected chi connectivity index (χ4v) is 1.85. The van der Waals surface area contributed by atoms with E-state index >= 15 is 0 Å². The van der Waals surface area contributed by atoms with Gasteiger partial charge in [-0.1, -0.05) is 18.5 Å². The molecule has 1 aromatic rings. The summed E-state index contributed by atoms with van der Waals surface area (Å²) in [4.78, 5) is 11.8. The molecule has 0 radical (unpaired) electrons. The zero-order chi connectivity index (χ0) is 12.7. The first-order valence-corrected chi connectivity index (χ1v) is 6.27.